The molecule has 0 heterocycles. The van der Waals surface area contributed by atoms with Gasteiger partial charge in [0.2, 0.25) is 0 Å². The Labute approximate surface area is 588 Å². The molecule has 0 saturated heterocycles. The first-order chi connectivity index (χ1) is 46.5. The smallest absolute Gasteiger partial charge is 0.462 e. The lowest BCUT2D eigenvalue weighted by Crippen LogP contribution is -2.30. The average Bonchev–Trinajstić information content (AvgIpc) is 1.19. The van der Waals surface area contributed by atoms with Gasteiger partial charge in [-0.05, 0) is 31.6 Å². The summed E-state index contributed by atoms with van der Waals surface area (Å²) < 4.78 is 68.5. The minimum atomic E-state index is -4.96. The predicted octanol–water partition coefficient (Wildman–Crippen LogP) is 22.9. The molecule has 0 rings (SSSR count). The van der Waals surface area contributed by atoms with E-state index in [-0.39, 0.29) is 25.7 Å². The van der Waals surface area contributed by atoms with Crippen molar-refractivity contribution in [3.63, 3.8) is 0 Å². The van der Waals surface area contributed by atoms with Crippen LogP contribution in [0.4, 0.5) is 0 Å². The summed E-state index contributed by atoms with van der Waals surface area (Å²) in [5, 5.41) is 10.6. The molecule has 0 radical (unpaired) electrons. The normalized spacial score (nSPS) is 13.9. The standard InChI is InChI=1S/C77H150O17P2/c1-6-9-12-15-18-21-24-26-28-29-30-31-32-33-34-36-38-41-47-52-57-62-76(81)93-72(66-88-75(80)61-56-51-46-40-37-35-27-25-22-19-16-13-10-7-2)68-91-95(83,84)89-64-71(78)65-90-96(85,86)92-69-73(67-87-74(79)60-55-50-45-39-23-20-17-14-11-8-3)94-77(82)63-58-53-48-43-42-44-49-54-59-70(4)5/h70-73,78H,6-69H2,1-5H3,(H,83,84)(H,85,86)/t71-,72-,73-/m1/s1. The zero-order valence-electron chi connectivity index (χ0n) is 62.5. The van der Waals surface area contributed by atoms with Gasteiger partial charge in [0.05, 0.1) is 26.4 Å². The quantitative estimate of drug-likeness (QED) is 0.0222. The van der Waals surface area contributed by atoms with Crippen LogP contribution in [0, 0.1) is 5.92 Å². The van der Waals surface area contributed by atoms with Crippen molar-refractivity contribution in [2.24, 2.45) is 5.92 Å². The van der Waals surface area contributed by atoms with E-state index < -0.39 is 97.5 Å². The maximum atomic E-state index is 13.1. The molecule has 0 aromatic carbocycles. The Morgan fingerprint density at radius 3 is 0.708 bits per heavy atom. The second-order valence-corrected chi connectivity index (χ2v) is 31.1. The molecule has 570 valence electrons. The summed E-state index contributed by atoms with van der Waals surface area (Å²) in [6.07, 6.45) is 59.8. The Morgan fingerprint density at radius 2 is 0.479 bits per heavy atom. The first-order valence-electron chi connectivity index (χ1n) is 40.1. The highest BCUT2D eigenvalue weighted by Crippen LogP contribution is 2.45. The van der Waals surface area contributed by atoms with E-state index in [1.807, 2.05) is 0 Å². The van der Waals surface area contributed by atoms with Crippen LogP contribution in [0.3, 0.4) is 0 Å². The van der Waals surface area contributed by atoms with Crippen molar-refractivity contribution < 1.29 is 80.2 Å². The van der Waals surface area contributed by atoms with Crippen molar-refractivity contribution in [1.82, 2.24) is 0 Å². The summed E-state index contributed by atoms with van der Waals surface area (Å²) >= 11 is 0. The van der Waals surface area contributed by atoms with Gasteiger partial charge in [-0.1, -0.05) is 356 Å². The van der Waals surface area contributed by atoms with Crippen molar-refractivity contribution >= 4 is 39.5 Å². The van der Waals surface area contributed by atoms with Crippen molar-refractivity contribution in [2.75, 3.05) is 39.6 Å². The fraction of sp³-hybridized carbons (Fsp3) is 0.948. The number of esters is 4. The van der Waals surface area contributed by atoms with Crippen LogP contribution in [0.5, 0.6) is 0 Å². The van der Waals surface area contributed by atoms with Crippen LogP contribution in [0.1, 0.15) is 407 Å². The second kappa shape index (κ2) is 70.1. The summed E-state index contributed by atoms with van der Waals surface area (Å²) in [4.78, 5) is 72.8. The molecule has 0 amide bonds. The van der Waals surface area contributed by atoms with Crippen molar-refractivity contribution in [3.05, 3.63) is 0 Å². The van der Waals surface area contributed by atoms with Gasteiger partial charge in [-0.15, -0.1) is 0 Å². The molecule has 0 aliphatic rings. The minimum Gasteiger partial charge on any atom is -0.462 e. The molecule has 0 spiro atoms. The number of carbonyl (C=O) groups excluding carboxylic acids is 4. The molecule has 0 aromatic rings. The maximum absolute atomic E-state index is 13.1. The monoisotopic (exact) mass is 1410 g/mol. The van der Waals surface area contributed by atoms with Gasteiger partial charge < -0.3 is 33.8 Å². The fourth-order valence-electron chi connectivity index (χ4n) is 11.9. The Morgan fingerprint density at radius 1 is 0.281 bits per heavy atom. The average molecular weight is 1410 g/mol. The number of ether oxygens (including phenoxy) is 4. The van der Waals surface area contributed by atoms with Crippen LogP contribution in [-0.2, 0) is 65.4 Å². The van der Waals surface area contributed by atoms with Crippen molar-refractivity contribution in [2.45, 2.75) is 425 Å². The molecule has 0 aliphatic heterocycles. The molecule has 3 N–H and O–H groups in total. The SMILES string of the molecule is CCCCCCCCCCCCCCCCCCCCCCCC(=O)O[C@H](COC(=O)CCCCCCCCCCCCCCCC)COP(=O)(O)OC[C@@H](O)COP(=O)(O)OC[C@@H](COC(=O)CCCCCCCCCCCC)OC(=O)CCCCCCCCCCC(C)C. The number of hydrogen-bond donors (Lipinski definition) is 3. The highest BCUT2D eigenvalue weighted by molar-refractivity contribution is 7.47. The first-order valence-corrected chi connectivity index (χ1v) is 43.1. The molecular weight excluding hydrogens is 1260 g/mol. The van der Waals surface area contributed by atoms with E-state index >= 15 is 0 Å². The predicted molar refractivity (Wildman–Crippen MR) is 391 cm³/mol. The number of aliphatic hydroxyl groups excluding tert-OH is 1. The van der Waals surface area contributed by atoms with Gasteiger partial charge in [-0.2, -0.15) is 0 Å². The lowest BCUT2D eigenvalue weighted by molar-refractivity contribution is -0.161. The largest absolute Gasteiger partial charge is 0.472 e. The number of phosphoric acid groups is 2. The van der Waals surface area contributed by atoms with E-state index in [9.17, 15) is 43.2 Å². The van der Waals surface area contributed by atoms with Crippen LogP contribution in [-0.4, -0.2) is 96.7 Å². The Bertz CT molecular complexity index is 1840. The van der Waals surface area contributed by atoms with Gasteiger partial charge in [0.25, 0.3) is 0 Å². The lowest BCUT2D eigenvalue weighted by Gasteiger charge is -2.21. The highest BCUT2D eigenvalue weighted by Gasteiger charge is 2.30. The number of carbonyl (C=O) groups is 4. The molecule has 0 fully saturated rings. The van der Waals surface area contributed by atoms with E-state index in [1.165, 1.54) is 231 Å². The van der Waals surface area contributed by atoms with Crippen molar-refractivity contribution in [1.29, 1.82) is 0 Å². The Kier molecular flexibility index (Phi) is 68.7. The van der Waals surface area contributed by atoms with Gasteiger partial charge in [0.15, 0.2) is 12.2 Å². The number of hydrogen-bond acceptors (Lipinski definition) is 15. The summed E-state index contributed by atoms with van der Waals surface area (Å²) in [7, 11) is -9.91. The highest BCUT2D eigenvalue weighted by atomic mass is 31.2. The van der Waals surface area contributed by atoms with Crippen LogP contribution >= 0.6 is 15.6 Å². The number of rotatable bonds is 77. The molecule has 0 saturated carbocycles. The molecule has 96 heavy (non-hydrogen) atoms. The summed E-state index contributed by atoms with van der Waals surface area (Å²) in [6.45, 7) is 7.25. The Balaban J connectivity index is 5.19. The fourth-order valence-corrected chi connectivity index (χ4v) is 13.5. The van der Waals surface area contributed by atoms with E-state index in [0.717, 1.165) is 95.8 Å². The summed E-state index contributed by atoms with van der Waals surface area (Å²) in [5.41, 5.74) is 0. The van der Waals surface area contributed by atoms with Crippen LogP contribution < -0.4 is 0 Å². The van der Waals surface area contributed by atoms with E-state index in [0.29, 0.717) is 25.7 Å². The van der Waals surface area contributed by atoms with E-state index in [1.54, 1.807) is 0 Å². The maximum Gasteiger partial charge on any atom is 0.472 e. The van der Waals surface area contributed by atoms with Gasteiger partial charge in [0.1, 0.15) is 19.3 Å². The number of aliphatic hydroxyl groups is 1. The summed E-state index contributed by atoms with van der Waals surface area (Å²) in [5.74, 6) is -1.40. The molecular formula is C77H150O17P2. The Hall–Kier alpha value is -1.94. The number of unbranched alkanes of at least 4 members (excludes halogenated alkanes) is 49. The zero-order valence-corrected chi connectivity index (χ0v) is 64.3. The van der Waals surface area contributed by atoms with Crippen LogP contribution in [0.15, 0.2) is 0 Å². The van der Waals surface area contributed by atoms with Gasteiger partial charge >= 0.3 is 39.5 Å². The molecule has 5 atom stereocenters. The molecule has 0 aliphatic carbocycles. The van der Waals surface area contributed by atoms with Crippen LogP contribution in [0.25, 0.3) is 0 Å². The third-order valence-corrected chi connectivity index (χ3v) is 19.9. The molecule has 2 unspecified atom stereocenters. The first kappa shape index (κ1) is 94.1. The lowest BCUT2D eigenvalue weighted by atomic mass is 10.0. The van der Waals surface area contributed by atoms with Crippen molar-refractivity contribution in [3.8, 4) is 0 Å². The van der Waals surface area contributed by atoms with Gasteiger partial charge in [-0.3, -0.25) is 37.3 Å². The molecule has 0 aromatic heterocycles. The zero-order chi connectivity index (χ0) is 70.5. The minimum absolute atomic E-state index is 0.105. The van der Waals surface area contributed by atoms with Gasteiger partial charge in [0, 0.05) is 25.7 Å². The molecule has 0 bridgehead atoms. The van der Waals surface area contributed by atoms with E-state index in [4.69, 9.17) is 37.0 Å². The van der Waals surface area contributed by atoms with E-state index in [2.05, 4.69) is 34.6 Å². The van der Waals surface area contributed by atoms with Gasteiger partial charge in [-0.25, -0.2) is 9.13 Å². The summed E-state index contributed by atoms with van der Waals surface area (Å²) in [6, 6.07) is 0. The van der Waals surface area contributed by atoms with Crippen LogP contribution in [0.2, 0.25) is 0 Å². The topological polar surface area (TPSA) is 237 Å². The second-order valence-electron chi connectivity index (χ2n) is 28.2. The third-order valence-electron chi connectivity index (χ3n) is 18.0. The number of phosphoric ester groups is 2. The third kappa shape index (κ3) is 70.5. The molecule has 19 heteroatoms. The molecule has 17 nitrogen and oxygen atoms in total.